The molecule has 2 heterocycles. The second-order valence-corrected chi connectivity index (χ2v) is 10.6. The first-order valence-corrected chi connectivity index (χ1v) is 12.7. The number of benzene rings is 1. The van der Waals surface area contributed by atoms with Crippen LogP contribution in [0.2, 0.25) is 5.02 Å². The fraction of sp³-hybridized carbons (Fsp3) is 0.560. The molecule has 34 heavy (non-hydrogen) atoms. The lowest BCUT2D eigenvalue weighted by Crippen LogP contribution is -2.36. The van der Waals surface area contributed by atoms with E-state index in [9.17, 15) is 5.11 Å². The molecule has 0 radical (unpaired) electrons. The van der Waals surface area contributed by atoms with Gasteiger partial charge in [0.25, 0.3) is 0 Å². The topological polar surface area (TPSA) is 114 Å². The minimum Gasteiger partial charge on any atom is -0.390 e. The highest BCUT2D eigenvalue weighted by Gasteiger charge is 2.30. The number of nitrogens with one attached hydrogen (secondary N) is 2. The molecule has 3 aromatic rings. The number of nitrogens with zero attached hydrogens (tertiary/aromatic N) is 4. The highest BCUT2D eigenvalue weighted by molar-refractivity contribution is 6.30. The van der Waals surface area contributed by atoms with Gasteiger partial charge >= 0.3 is 0 Å². The molecule has 5 N–H and O–H groups in total. The molecule has 5 rings (SSSR count). The second-order valence-electron chi connectivity index (χ2n) is 10.2. The SMILES string of the molecule is CC1(O)CCC(Nc2ncc3nc(Nc4cccc(Cl)c4)n(C4CCC(CN)CC4)c3n2)CC1. The van der Waals surface area contributed by atoms with Crippen molar-refractivity contribution >= 4 is 40.3 Å². The van der Waals surface area contributed by atoms with Crippen molar-refractivity contribution in [3.63, 3.8) is 0 Å². The Morgan fingerprint density at radius 1 is 1.15 bits per heavy atom. The summed E-state index contributed by atoms with van der Waals surface area (Å²) in [5.74, 6) is 1.96. The van der Waals surface area contributed by atoms with Gasteiger partial charge in [0.05, 0.1) is 11.8 Å². The van der Waals surface area contributed by atoms with Gasteiger partial charge in [0.15, 0.2) is 5.65 Å². The Bertz CT molecular complexity index is 1130. The van der Waals surface area contributed by atoms with E-state index in [2.05, 4.69) is 20.2 Å². The fourth-order valence-electron chi connectivity index (χ4n) is 5.30. The zero-order chi connectivity index (χ0) is 23.7. The summed E-state index contributed by atoms with van der Waals surface area (Å²) in [6.07, 6.45) is 9.46. The van der Waals surface area contributed by atoms with Crippen molar-refractivity contribution in [3.8, 4) is 0 Å². The van der Waals surface area contributed by atoms with E-state index >= 15 is 0 Å². The molecule has 2 aromatic heterocycles. The van der Waals surface area contributed by atoms with Gasteiger partial charge in [-0.05, 0) is 89.0 Å². The van der Waals surface area contributed by atoms with Gasteiger partial charge in [-0.1, -0.05) is 17.7 Å². The molecule has 1 aromatic carbocycles. The maximum Gasteiger partial charge on any atom is 0.224 e. The summed E-state index contributed by atoms with van der Waals surface area (Å²) in [6, 6.07) is 8.22. The van der Waals surface area contributed by atoms with Crippen LogP contribution in [-0.2, 0) is 0 Å². The van der Waals surface area contributed by atoms with Crippen molar-refractivity contribution in [2.75, 3.05) is 17.2 Å². The normalized spacial score (nSPS) is 27.6. The van der Waals surface area contributed by atoms with E-state index in [4.69, 9.17) is 27.3 Å². The maximum absolute atomic E-state index is 10.3. The van der Waals surface area contributed by atoms with Crippen LogP contribution in [0.1, 0.15) is 64.3 Å². The lowest BCUT2D eigenvalue weighted by Gasteiger charge is -2.33. The van der Waals surface area contributed by atoms with E-state index in [1.54, 1.807) is 6.20 Å². The minimum absolute atomic E-state index is 0.262. The van der Waals surface area contributed by atoms with Crippen LogP contribution >= 0.6 is 11.6 Å². The Labute approximate surface area is 205 Å². The van der Waals surface area contributed by atoms with Crippen LogP contribution in [-0.4, -0.2) is 42.8 Å². The third kappa shape index (κ3) is 5.14. The molecular formula is C25H34ClN7O. The third-order valence-corrected chi connectivity index (χ3v) is 7.66. The predicted molar refractivity (Wildman–Crippen MR) is 137 cm³/mol. The second kappa shape index (κ2) is 9.68. The molecule has 8 nitrogen and oxygen atoms in total. The van der Waals surface area contributed by atoms with Crippen LogP contribution in [0, 0.1) is 5.92 Å². The van der Waals surface area contributed by atoms with Crippen LogP contribution in [0.3, 0.4) is 0 Å². The van der Waals surface area contributed by atoms with Crippen LogP contribution in [0.4, 0.5) is 17.6 Å². The summed E-state index contributed by atoms with van der Waals surface area (Å²) in [5.41, 5.74) is 7.87. The molecule has 0 atom stereocenters. The van der Waals surface area contributed by atoms with Crippen molar-refractivity contribution in [3.05, 3.63) is 35.5 Å². The summed E-state index contributed by atoms with van der Waals surface area (Å²) >= 11 is 6.22. The van der Waals surface area contributed by atoms with Crippen LogP contribution in [0.15, 0.2) is 30.5 Å². The van der Waals surface area contributed by atoms with Crippen molar-refractivity contribution < 1.29 is 5.11 Å². The standard InChI is InChI=1S/C25H34ClN7O/c1-25(34)11-9-18(10-12-25)29-23-28-15-21-22(32-23)33(20-7-5-16(14-27)6-8-20)24(31-21)30-19-4-2-3-17(26)13-19/h2-4,13,15-16,18,20,34H,5-12,14,27H2,1H3,(H,30,31)(H,28,29,32). The van der Waals surface area contributed by atoms with E-state index in [0.717, 1.165) is 80.7 Å². The third-order valence-electron chi connectivity index (χ3n) is 7.42. The lowest BCUT2D eigenvalue weighted by atomic mass is 9.84. The van der Waals surface area contributed by atoms with Gasteiger partial charge in [-0.3, -0.25) is 4.57 Å². The highest BCUT2D eigenvalue weighted by atomic mass is 35.5. The summed E-state index contributed by atoms with van der Waals surface area (Å²) in [6.45, 7) is 2.66. The Morgan fingerprint density at radius 2 is 1.91 bits per heavy atom. The van der Waals surface area contributed by atoms with E-state index in [1.807, 2.05) is 31.2 Å². The monoisotopic (exact) mass is 483 g/mol. The van der Waals surface area contributed by atoms with Gasteiger partial charge < -0.3 is 21.5 Å². The molecule has 2 aliphatic carbocycles. The van der Waals surface area contributed by atoms with E-state index in [-0.39, 0.29) is 6.04 Å². The number of imidazole rings is 1. The van der Waals surface area contributed by atoms with Crippen molar-refractivity contribution in [2.24, 2.45) is 11.7 Å². The van der Waals surface area contributed by atoms with Crippen molar-refractivity contribution in [1.29, 1.82) is 0 Å². The Morgan fingerprint density at radius 3 is 2.62 bits per heavy atom. The maximum atomic E-state index is 10.3. The van der Waals surface area contributed by atoms with Crippen LogP contribution < -0.4 is 16.4 Å². The van der Waals surface area contributed by atoms with E-state index in [0.29, 0.717) is 22.9 Å². The number of aromatic nitrogens is 4. The molecule has 2 aliphatic rings. The number of rotatable bonds is 6. The van der Waals surface area contributed by atoms with Gasteiger partial charge in [-0.15, -0.1) is 0 Å². The average molecular weight is 484 g/mol. The van der Waals surface area contributed by atoms with E-state index < -0.39 is 5.60 Å². The predicted octanol–water partition coefficient (Wildman–Crippen LogP) is 5.02. The summed E-state index contributed by atoms with van der Waals surface area (Å²) < 4.78 is 2.24. The molecule has 0 aliphatic heterocycles. The number of anilines is 3. The van der Waals surface area contributed by atoms with E-state index in [1.165, 1.54) is 0 Å². The quantitative estimate of drug-likeness (QED) is 0.389. The first-order chi connectivity index (χ1) is 16.4. The number of halogens is 1. The largest absolute Gasteiger partial charge is 0.390 e. The Kier molecular flexibility index (Phi) is 6.64. The van der Waals surface area contributed by atoms with Gasteiger partial charge in [0, 0.05) is 22.8 Å². The van der Waals surface area contributed by atoms with Crippen molar-refractivity contribution in [1.82, 2.24) is 19.5 Å². The first-order valence-electron chi connectivity index (χ1n) is 12.4. The number of nitrogens with two attached hydrogens (primary N) is 1. The molecular weight excluding hydrogens is 450 g/mol. The zero-order valence-corrected chi connectivity index (χ0v) is 20.4. The first kappa shape index (κ1) is 23.3. The molecule has 0 saturated heterocycles. The molecule has 9 heteroatoms. The zero-order valence-electron chi connectivity index (χ0n) is 19.7. The van der Waals surface area contributed by atoms with Gasteiger partial charge in [0.1, 0.15) is 5.52 Å². The molecule has 182 valence electrons. The molecule has 0 unspecified atom stereocenters. The average Bonchev–Trinajstić information content (AvgIpc) is 3.17. The van der Waals surface area contributed by atoms with Gasteiger partial charge in [-0.2, -0.15) is 4.98 Å². The van der Waals surface area contributed by atoms with Gasteiger partial charge in [0.2, 0.25) is 11.9 Å². The van der Waals surface area contributed by atoms with Gasteiger partial charge in [-0.25, -0.2) is 9.97 Å². The Balaban J connectivity index is 1.45. The highest BCUT2D eigenvalue weighted by Crippen LogP contribution is 2.37. The van der Waals surface area contributed by atoms with Crippen LogP contribution in [0.5, 0.6) is 0 Å². The number of hydrogen-bond donors (Lipinski definition) is 4. The number of hydrogen-bond acceptors (Lipinski definition) is 7. The molecule has 0 spiro atoms. The summed E-state index contributed by atoms with van der Waals surface area (Å²) in [5, 5.41) is 17.9. The molecule has 0 bridgehead atoms. The Hall–Kier alpha value is -2.42. The lowest BCUT2D eigenvalue weighted by molar-refractivity contribution is 0.0196. The number of aliphatic hydroxyl groups is 1. The minimum atomic E-state index is -0.565. The summed E-state index contributed by atoms with van der Waals surface area (Å²) in [7, 11) is 0. The van der Waals surface area contributed by atoms with Crippen LogP contribution in [0.25, 0.3) is 11.2 Å². The molecule has 2 fully saturated rings. The molecule has 2 saturated carbocycles. The summed E-state index contributed by atoms with van der Waals surface area (Å²) in [4.78, 5) is 14.3. The van der Waals surface area contributed by atoms with Crippen molar-refractivity contribution in [2.45, 2.75) is 76.0 Å². The number of fused-ring (bicyclic) bond motifs is 1. The smallest absolute Gasteiger partial charge is 0.224 e. The fourth-order valence-corrected chi connectivity index (χ4v) is 5.49. The molecule has 0 amide bonds.